The molecule has 0 fully saturated rings. The van der Waals surface area contributed by atoms with Crippen LogP contribution in [0.5, 0.6) is 0 Å². The topological polar surface area (TPSA) is 82.1 Å². The van der Waals surface area contributed by atoms with Crippen LogP contribution in [0.25, 0.3) is 21.9 Å². The Balaban J connectivity index is 1.57. The molecule has 1 N–H and O–H groups in total. The van der Waals surface area contributed by atoms with Crippen LogP contribution in [0, 0.1) is 5.82 Å². The summed E-state index contributed by atoms with van der Waals surface area (Å²) in [6.45, 7) is 0.454. The first-order valence-corrected chi connectivity index (χ1v) is 10.1. The molecule has 5 rings (SSSR count). The molecule has 1 amide bonds. The van der Waals surface area contributed by atoms with Gasteiger partial charge in [0.15, 0.2) is 0 Å². The van der Waals surface area contributed by atoms with Crippen LogP contribution in [-0.4, -0.2) is 20.0 Å². The standard InChI is InChI=1S/C24H19FN4O3/c25-17-8-9-20-19(11-17)22-23(29(20)14-21(30)26-12-18-7-4-10-32-18)24(31)28(15-27-22)13-16-5-2-1-3-6-16/h1-11,15H,12-14H2,(H,26,30). The van der Waals surface area contributed by atoms with Gasteiger partial charge < -0.3 is 14.3 Å². The fourth-order valence-corrected chi connectivity index (χ4v) is 3.83. The molecule has 0 bridgehead atoms. The van der Waals surface area contributed by atoms with Crippen LogP contribution in [0.2, 0.25) is 0 Å². The summed E-state index contributed by atoms with van der Waals surface area (Å²) in [5, 5.41) is 3.27. The summed E-state index contributed by atoms with van der Waals surface area (Å²) in [5.74, 6) is -0.119. The Bertz CT molecular complexity index is 1470. The Kier molecular flexibility index (Phi) is 5.03. The quantitative estimate of drug-likeness (QED) is 0.447. The molecule has 0 atom stereocenters. The largest absolute Gasteiger partial charge is 0.467 e. The van der Waals surface area contributed by atoms with Crippen molar-refractivity contribution in [1.82, 2.24) is 19.4 Å². The molecule has 32 heavy (non-hydrogen) atoms. The minimum absolute atomic E-state index is 0.112. The molecular weight excluding hydrogens is 411 g/mol. The van der Waals surface area contributed by atoms with Gasteiger partial charge in [0.05, 0.1) is 31.2 Å². The van der Waals surface area contributed by atoms with Gasteiger partial charge in [-0.2, -0.15) is 0 Å². The highest BCUT2D eigenvalue weighted by molar-refractivity contribution is 6.06. The fourth-order valence-electron chi connectivity index (χ4n) is 3.83. The summed E-state index contributed by atoms with van der Waals surface area (Å²) in [6.07, 6.45) is 2.99. The van der Waals surface area contributed by atoms with Crippen molar-refractivity contribution in [2.75, 3.05) is 0 Å². The number of nitrogens with one attached hydrogen (secondary N) is 1. The average molecular weight is 430 g/mol. The third-order valence-electron chi connectivity index (χ3n) is 5.33. The molecule has 0 unspecified atom stereocenters. The summed E-state index contributed by atoms with van der Waals surface area (Å²) in [6, 6.07) is 17.2. The minimum atomic E-state index is -0.436. The zero-order valence-corrected chi connectivity index (χ0v) is 17.0. The number of nitrogens with zero attached hydrogens (tertiary/aromatic N) is 3. The van der Waals surface area contributed by atoms with Crippen LogP contribution in [0.3, 0.4) is 0 Å². The molecule has 0 aliphatic carbocycles. The summed E-state index contributed by atoms with van der Waals surface area (Å²) in [5.41, 5.74) is 1.84. The molecule has 3 aromatic heterocycles. The van der Waals surface area contributed by atoms with Gasteiger partial charge in [-0.05, 0) is 35.9 Å². The van der Waals surface area contributed by atoms with Gasteiger partial charge in [0, 0.05) is 5.39 Å². The number of halogens is 1. The van der Waals surface area contributed by atoms with Crippen molar-refractivity contribution in [3.8, 4) is 0 Å². The third kappa shape index (κ3) is 3.66. The van der Waals surface area contributed by atoms with Gasteiger partial charge in [-0.3, -0.25) is 14.2 Å². The molecule has 8 heteroatoms. The van der Waals surface area contributed by atoms with Crippen LogP contribution in [0.1, 0.15) is 11.3 Å². The zero-order valence-electron chi connectivity index (χ0n) is 17.0. The van der Waals surface area contributed by atoms with E-state index in [2.05, 4.69) is 10.3 Å². The van der Waals surface area contributed by atoms with Gasteiger partial charge in [-0.15, -0.1) is 0 Å². The molecule has 0 saturated carbocycles. The van der Waals surface area contributed by atoms with Crippen molar-refractivity contribution in [3.05, 3.63) is 101 Å². The number of rotatable bonds is 6. The van der Waals surface area contributed by atoms with E-state index in [0.717, 1.165) is 5.56 Å². The van der Waals surface area contributed by atoms with Crippen molar-refractivity contribution >= 4 is 27.8 Å². The molecule has 5 aromatic rings. The Morgan fingerprint density at radius 3 is 2.72 bits per heavy atom. The number of benzene rings is 2. The Morgan fingerprint density at radius 1 is 1.09 bits per heavy atom. The molecule has 0 aliphatic heterocycles. The van der Waals surface area contributed by atoms with Crippen LogP contribution >= 0.6 is 0 Å². The van der Waals surface area contributed by atoms with E-state index in [0.29, 0.717) is 28.7 Å². The number of amides is 1. The molecule has 3 heterocycles. The molecule has 0 saturated heterocycles. The van der Waals surface area contributed by atoms with E-state index in [1.807, 2.05) is 30.3 Å². The van der Waals surface area contributed by atoms with Crippen LogP contribution in [0.4, 0.5) is 4.39 Å². The van der Waals surface area contributed by atoms with Gasteiger partial charge >= 0.3 is 0 Å². The molecule has 7 nitrogen and oxygen atoms in total. The normalized spacial score (nSPS) is 11.3. The number of furan rings is 1. The van der Waals surface area contributed by atoms with Crippen molar-refractivity contribution in [2.24, 2.45) is 0 Å². The average Bonchev–Trinajstić information content (AvgIpc) is 3.42. The zero-order chi connectivity index (χ0) is 22.1. The summed E-state index contributed by atoms with van der Waals surface area (Å²) in [7, 11) is 0. The SMILES string of the molecule is O=C(Cn1c2ccc(F)cc2c2ncn(Cc3ccccc3)c(=O)c21)NCc1ccco1. The Morgan fingerprint density at radius 2 is 1.94 bits per heavy atom. The highest BCUT2D eigenvalue weighted by Crippen LogP contribution is 2.26. The lowest BCUT2D eigenvalue weighted by atomic mass is 10.2. The number of fused-ring (bicyclic) bond motifs is 3. The Labute approximate surface area is 181 Å². The van der Waals surface area contributed by atoms with Crippen LogP contribution in [-0.2, 0) is 24.4 Å². The molecule has 160 valence electrons. The highest BCUT2D eigenvalue weighted by atomic mass is 19.1. The van der Waals surface area contributed by atoms with E-state index in [1.54, 1.807) is 22.8 Å². The van der Waals surface area contributed by atoms with E-state index in [9.17, 15) is 14.0 Å². The first-order valence-electron chi connectivity index (χ1n) is 10.1. The first-order chi connectivity index (χ1) is 15.6. The number of hydrogen-bond acceptors (Lipinski definition) is 4. The van der Waals surface area contributed by atoms with E-state index in [1.165, 1.54) is 29.3 Å². The van der Waals surface area contributed by atoms with Gasteiger partial charge in [0.1, 0.15) is 29.2 Å². The molecule has 0 radical (unpaired) electrons. The van der Waals surface area contributed by atoms with Crippen LogP contribution < -0.4 is 10.9 Å². The Hall–Kier alpha value is -4.20. The summed E-state index contributed by atoms with van der Waals surface area (Å²) in [4.78, 5) is 30.5. The van der Waals surface area contributed by atoms with E-state index in [-0.39, 0.29) is 30.1 Å². The van der Waals surface area contributed by atoms with Gasteiger partial charge in [-0.25, -0.2) is 9.37 Å². The number of carbonyl (C=O) groups is 1. The molecule has 2 aromatic carbocycles. The van der Waals surface area contributed by atoms with E-state index < -0.39 is 5.82 Å². The maximum Gasteiger partial charge on any atom is 0.278 e. The predicted molar refractivity (Wildman–Crippen MR) is 118 cm³/mol. The maximum absolute atomic E-state index is 14.0. The maximum atomic E-state index is 14.0. The van der Waals surface area contributed by atoms with Gasteiger partial charge in [0.2, 0.25) is 5.91 Å². The lowest BCUT2D eigenvalue weighted by Crippen LogP contribution is -2.29. The summed E-state index contributed by atoms with van der Waals surface area (Å²) < 4.78 is 22.3. The van der Waals surface area contributed by atoms with Crippen LogP contribution in [0.15, 0.2) is 82.5 Å². The molecule has 0 spiro atoms. The predicted octanol–water partition coefficient (Wildman–Crippen LogP) is 3.45. The molecule has 0 aliphatic rings. The number of hydrogen-bond donors (Lipinski definition) is 1. The monoisotopic (exact) mass is 430 g/mol. The number of carbonyl (C=O) groups excluding carboxylic acids is 1. The second-order valence-electron chi connectivity index (χ2n) is 7.46. The van der Waals surface area contributed by atoms with Crippen molar-refractivity contribution < 1.29 is 13.6 Å². The van der Waals surface area contributed by atoms with Crippen molar-refractivity contribution in [3.63, 3.8) is 0 Å². The van der Waals surface area contributed by atoms with E-state index in [4.69, 9.17) is 4.42 Å². The molecular formula is C24H19FN4O3. The first kappa shape index (κ1) is 19.7. The van der Waals surface area contributed by atoms with Gasteiger partial charge in [0.25, 0.3) is 5.56 Å². The number of aromatic nitrogens is 3. The lowest BCUT2D eigenvalue weighted by molar-refractivity contribution is -0.121. The lowest BCUT2D eigenvalue weighted by Gasteiger charge is -2.09. The second kappa shape index (κ2) is 8.14. The smallest absolute Gasteiger partial charge is 0.278 e. The van der Waals surface area contributed by atoms with Gasteiger partial charge in [-0.1, -0.05) is 30.3 Å². The van der Waals surface area contributed by atoms with Crippen molar-refractivity contribution in [1.29, 1.82) is 0 Å². The highest BCUT2D eigenvalue weighted by Gasteiger charge is 2.19. The summed E-state index contributed by atoms with van der Waals surface area (Å²) >= 11 is 0. The minimum Gasteiger partial charge on any atom is -0.467 e. The second-order valence-corrected chi connectivity index (χ2v) is 7.46. The third-order valence-corrected chi connectivity index (χ3v) is 5.33. The fraction of sp³-hybridized carbons (Fsp3) is 0.125. The van der Waals surface area contributed by atoms with Crippen molar-refractivity contribution in [2.45, 2.75) is 19.6 Å². The van der Waals surface area contributed by atoms with E-state index >= 15 is 0 Å².